The highest BCUT2D eigenvalue weighted by Crippen LogP contribution is 2.15. The molecular formula is C19H17NO4. The summed E-state index contributed by atoms with van der Waals surface area (Å²) in [5.41, 5.74) is 1.83. The number of nitrogens with zero attached hydrogens (tertiary/aromatic N) is 1. The van der Waals surface area contributed by atoms with E-state index in [0.29, 0.717) is 16.9 Å². The van der Waals surface area contributed by atoms with Gasteiger partial charge in [0.1, 0.15) is 12.4 Å². The maximum absolute atomic E-state index is 12.0. The van der Waals surface area contributed by atoms with Crippen LogP contribution in [0.25, 0.3) is 0 Å². The maximum Gasteiger partial charge on any atom is 0.347 e. The minimum atomic E-state index is -0.785. The SMILES string of the molecule is CC(=O)c1ccc(OC(C)C(=O)OCc2cccc(C#N)c2)cc1. The average molecular weight is 323 g/mol. The van der Waals surface area contributed by atoms with Crippen LogP contribution in [-0.2, 0) is 16.1 Å². The second-order valence-corrected chi connectivity index (χ2v) is 5.26. The number of carbonyl (C=O) groups is 2. The molecule has 1 atom stereocenters. The van der Waals surface area contributed by atoms with Gasteiger partial charge in [-0.05, 0) is 55.8 Å². The molecule has 2 rings (SSSR count). The molecule has 0 radical (unpaired) electrons. The van der Waals surface area contributed by atoms with Gasteiger partial charge in [0.2, 0.25) is 0 Å². The quantitative estimate of drug-likeness (QED) is 0.602. The van der Waals surface area contributed by atoms with Crippen molar-refractivity contribution in [2.75, 3.05) is 0 Å². The van der Waals surface area contributed by atoms with E-state index in [9.17, 15) is 9.59 Å². The molecule has 0 aliphatic heterocycles. The van der Waals surface area contributed by atoms with Crippen LogP contribution in [0.15, 0.2) is 48.5 Å². The Morgan fingerprint density at radius 2 is 1.88 bits per heavy atom. The van der Waals surface area contributed by atoms with Crippen molar-refractivity contribution >= 4 is 11.8 Å². The summed E-state index contributed by atoms with van der Waals surface area (Å²) in [5, 5.41) is 8.85. The van der Waals surface area contributed by atoms with Crippen LogP contribution in [0.1, 0.15) is 35.3 Å². The number of hydrogen-bond donors (Lipinski definition) is 0. The lowest BCUT2D eigenvalue weighted by atomic mass is 10.1. The monoisotopic (exact) mass is 323 g/mol. The second-order valence-electron chi connectivity index (χ2n) is 5.26. The van der Waals surface area contributed by atoms with Crippen molar-refractivity contribution in [2.45, 2.75) is 26.6 Å². The first kappa shape index (κ1) is 17.2. The van der Waals surface area contributed by atoms with E-state index in [4.69, 9.17) is 14.7 Å². The Morgan fingerprint density at radius 1 is 1.17 bits per heavy atom. The largest absolute Gasteiger partial charge is 0.479 e. The molecule has 24 heavy (non-hydrogen) atoms. The second kappa shape index (κ2) is 7.93. The van der Waals surface area contributed by atoms with Gasteiger partial charge in [-0.2, -0.15) is 5.26 Å². The number of ether oxygens (including phenoxy) is 2. The van der Waals surface area contributed by atoms with Gasteiger partial charge in [0.15, 0.2) is 11.9 Å². The Bertz CT molecular complexity index is 775. The number of benzene rings is 2. The molecule has 1 unspecified atom stereocenters. The molecule has 0 bridgehead atoms. The lowest BCUT2D eigenvalue weighted by molar-refractivity contribution is -0.152. The summed E-state index contributed by atoms with van der Waals surface area (Å²) in [6, 6.07) is 15.4. The molecule has 0 heterocycles. The normalized spacial score (nSPS) is 11.2. The first-order valence-corrected chi connectivity index (χ1v) is 7.43. The van der Waals surface area contributed by atoms with Crippen LogP contribution < -0.4 is 4.74 Å². The lowest BCUT2D eigenvalue weighted by Gasteiger charge is -2.14. The molecule has 122 valence electrons. The van der Waals surface area contributed by atoms with Gasteiger partial charge in [-0.3, -0.25) is 4.79 Å². The van der Waals surface area contributed by atoms with Gasteiger partial charge in [-0.15, -0.1) is 0 Å². The number of Topliss-reactive ketones (excluding diaryl/α,β-unsaturated/α-hetero) is 1. The predicted molar refractivity (Wildman–Crippen MR) is 87.5 cm³/mol. The van der Waals surface area contributed by atoms with E-state index in [0.717, 1.165) is 5.56 Å². The summed E-state index contributed by atoms with van der Waals surface area (Å²) in [6.07, 6.45) is -0.785. The standard InChI is InChI=1S/C19H17NO4/c1-13(21)17-6-8-18(9-7-17)24-14(2)19(22)23-12-16-5-3-4-15(10-16)11-20/h3-10,14H,12H2,1-2H3. The van der Waals surface area contributed by atoms with E-state index < -0.39 is 12.1 Å². The zero-order valence-electron chi connectivity index (χ0n) is 13.5. The molecule has 2 aromatic rings. The smallest absolute Gasteiger partial charge is 0.347 e. The Balaban J connectivity index is 1.89. The number of hydrogen-bond acceptors (Lipinski definition) is 5. The molecule has 2 aromatic carbocycles. The Morgan fingerprint density at radius 3 is 2.50 bits per heavy atom. The van der Waals surface area contributed by atoms with Gasteiger partial charge < -0.3 is 9.47 Å². The molecule has 0 spiro atoms. The fourth-order valence-electron chi connectivity index (χ4n) is 2.02. The summed E-state index contributed by atoms with van der Waals surface area (Å²) in [6.45, 7) is 3.15. The van der Waals surface area contributed by atoms with Gasteiger partial charge in [-0.1, -0.05) is 12.1 Å². The first-order chi connectivity index (χ1) is 11.5. The van der Waals surface area contributed by atoms with Crippen LogP contribution in [0.2, 0.25) is 0 Å². The van der Waals surface area contributed by atoms with Gasteiger partial charge >= 0.3 is 5.97 Å². The third kappa shape index (κ3) is 4.68. The molecular weight excluding hydrogens is 306 g/mol. The molecule has 0 aliphatic rings. The Kier molecular flexibility index (Phi) is 5.69. The summed E-state index contributed by atoms with van der Waals surface area (Å²) >= 11 is 0. The fourth-order valence-corrected chi connectivity index (χ4v) is 2.02. The first-order valence-electron chi connectivity index (χ1n) is 7.43. The van der Waals surface area contributed by atoms with Crippen LogP contribution in [0.5, 0.6) is 5.75 Å². The van der Waals surface area contributed by atoms with E-state index in [1.54, 1.807) is 55.5 Å². The van der Waals surface area contributed by atoms with Gasteiger partial charge in [0, 0.05) is 5.56 Å². The minimum absolute atomic E-state index is 0.0337. The minimum Gasteiger partial charge on any atom is -0.479 e. The van der Waals surface area contributed by atoms with Gasteiger partial charge in [0.05, 0.1) is 11.6 Å². The van der Waals surface area contributed by atoms with E-state index >= 15 is 0 Å². The molecule has 0 aliphatic carbocycles. The summed E-state index contributed by atoms with van der Waals surface area (Å²) < 4.78 is 10.7. The highest BCUT2D eigenvalue weighted by molar-refractivity contribution is 5.94. The highest BCUT2D eigenvalue weighted by Gasteiger charge is 2.16. The Labute approximate surface area is 140 Å². The number of carbonyl (C=O) groups excluding carboxylic acids is 2. The van der Waals surface area contributed by atoms with E-state index in [1.165, 1.54) is 6.92 Å². The van der Waals surface area contributed by atoms with E-state index in [2.05, 4.69) is 0 Å². The zero-order valence-corrected chi connectivity index (χ0v) is 13.5. The van der Waals surface area contributed by atoms with Crippen LogP contribution in [0, 0.1) is 11.3 Å². The van der Waals surface area contributed by atoms with Crippen LogP contribution in [-0.4, -0.2) is 17.9 Å². The molecule has 0 fully saturated rings. The van der Waals surface area contributed by atoms with Crippen LogP contribution in [0.4, 0.5) is 0 Å². The van der Waals surface area contributed by atoms with Crippen LogP contribution in [0.3, 0.4) is 0 Å². The predicted octanol–water partition coefficient (Wildman–Crippen LogP) is 3.27. The molecule has 0 saturated carbocycles. The fraction of sp³-hybridized carbons (Fsp3) is 0.211. The maximum atomic E-state index is 12.0. The van der Waals surface area contributed by atoms with Crippen molar-refractivity contribution in [2.24, 2.45) is 0 Å². The lowest BCUT2D eigenvalue weighted by Crippen LogP contribution is -2.26. The Hall–Kier alpha value is -3.13. The van der Waals surface area contributed by atoms with Gasteiger partial charge in [0.25, 0.3) is 0 Å². The van der Waals surface area contributed by atoms with Gasteiger partial charge in [-0.25, -0.2) is 4.79 Å². The summed E-state index contributed by atoms with van der Waals surface area (Å²) in [4.78, 5) is 23.2. The van der Waals surface area contributed by atoms with E-state index in [-0.39, 0.29) is 12.4 Å². The molecule has 0 N–H and O–H groups in total. The molecule has 0 amide bonds. The topological polar surface area (TPSA) is 76.4 Å². The van der Waals surface area contributed by atoms with Crippen LogP contribution >= 0.6 is 0 Å². The molecule has 0 saturated heterocycles. The van der Waals surface area contributed by atoms with Crippen molar-refractivity contribution in [3.8, 4) is 11.8 Å². The number of nitriles is 1. The van der Waals surface area contributed by atoms with E-state index in [1.807, 2.05) is 6.07 Å². The number of ketones is 1. The van der Waals surface area contributed by atoms with Crippen molar-refractivity contribution in [3.63, 3.8) is 0 Å². The molecule has 5 nitrogen and oxygen atoms in total. The third-order valence-corrected chi connectivity index (χ3v) is 3.34. The average Bonchev–Trinajstić information content (AvgIpc) is 2.60. The zero-order chi connectivity index (χ0) is 17.5. The van der Waals surface area contributed by atoms with Crippen molar-refractivity contribution in [1.29, 1.82) is 5.26 Å². The number of esters is 1. The van der Waals surface area contributed by atoms with Crippen molar-refractivity contribution < 1.29 is 19.1 Å². The van der Waals surface area contributed by atoms with Crippen molar-refractivity contribution in [1.82, 2.24) is 0 Å². The number of rotatable bonds is 6. The molecule has 0 aromatic heterocycles. The molecule has 5 heteroatoms. The summed E-state index contributed by atoms with van der Waals surface area (Å²) in [7, 11) is 0. The summed E-state index contributed by atoms with van der Waals surface area (Å²) in [5.74, 6) is -0.0578. The third-order valence-electron chi connectivity index (χ3n) is 3.34. The van der Waals surface area contributed by atoms with Crippen molar-refractivity contribution in [3.05, 3.63) is 65.2 Å². The highest BCUT2D eigenvalue weighted by atomic mass is 16.6.